The van der Waals surface area contributed by atoms with Crippen molar-refractivity contribution in [2.45, 2.75) is 38.8 Å². The lowest BCUT2D eigenvalue weighted by Crippen LogP contribution is -2.48. The number of H-pyrrole nitrogens is 1. The van der Waals surface area contributed by atoms with E-state index in [9.17, 15) is 14.7 Å². The Morgan fingerprint density at radius 2 is 2.36 bits per heavy atom. The summed E-state index contributed by atoms with van der Waals surface area (Å²) in [5.41, 5.74) is 2.12. The molecule has 0 radical (unpaired) electrons. The Morgan fingerprint density at radius 3 is 3.09 bits per heavy atom. The molecule has 0 unspecified atom stereocenters. The maximum Gasteiger partial charge on any atom is 0.326 e. The molecule has 0 aromatic carbocycles. The molecule has 116 valence electrons. The number of amides is 1. The standard InChI is InChI=1S/C13H15N5O3S/c1-2-3-7-11(22-17-16-7)12(19)18-5-9-8(14-6-15-9)4-10(18)13(20)21/h6,10H,2-5H2,1H3,(H,14,15)(H,20,21)/t10-/m1/s1. The highest BCUT2D eigenvalue weighted by Gasteiger charge is 2.37. The highest BCUT2D eigenvalue weighted by molar-refractivity contribution is 7.08. The molecular formula is C13H15N5O3S. The van der Waals surface area contributed by atoms with E-state index in [0.717, 1.165) is 23.6 Å². The fourth-order valence-corrected chi connectivity index (χ4v) is 3.24. The third-order valence-corrected chi connectivity index (χ3v) is 4.44. The van der Waals surface area contributed by atoms with E-state index in [1.165, 1.54) is 11.2 Å². The molecule has 2 aromatic heterocycles. The first-order valence-electron chi connectivity index (χ1n) is 6.98. The minimum absolute atomic E-state index is 0.203. The number of nitrogens with one attached hydrogen (secondary N) is 1. The summed E-state index contributed by atoms with van der Waals surface area (Å²) < 4.78 is 3.84. The van der Waals surface area contributed by atoms with Gasteiger partial charge in [0.05, 0.1) is 30.0 Å². The van der Waals surface area contributed by atoms with Crippen molar-refractivity contribution in [3.63, 3.8) is 0 Å². The number of rotatable bonds is 4. The normalized spacial score (nSPS) is 17.3. The summed E-state index contributed by atoms with van der Waals surface area (Å²) in [6, 6.07) is -0.917. The van der Waals surface area contributed by atoms with Crippen LogP contribution >= 0.6 is 11.5 Å². The zero-order chi connectivity index (χ0) is 15.7. The summed E-state index contributed by atoms with van der Waals surface area (Å²) >= 11 is 1.02. The molecule has 1 atom stereocenters. The van der Waals surface area contributed by atoms with Gasteiger partial charge in [0.1, 0.15) is 10.9 Å². The summed E-state index contributed by atoms with van der Waals surface area (Å²) in [6.07, 6.45) is 3.22. The van der Waals surface area contributed by atoms with Crippen LogP contribution in [0, 0.1) is 0 Å². The summed E-state index contributed by atoms with van der Waals surface area (Å²) in [6.45, 7) is 2.19. The van der Waals surface area contributed by atoms with E-state index in [2.05, 4.69) is 19.6 Å². The Kier molecular flexibility index (Phi) is 3.88. The van der Waals surface area contributed by atoms with E-state index in [1.807, 2.05) is 6.92 Å². The van der Waals surface area contributed by atoms with Crippen molar-refractivity contribution in [3.8, 4) is 0 Å². The van der Waals surface area contributed by atoms with Gasteiger partial charge in [0.2, 0.25) is 0 Å². The summed E-state index contributed by atoms with van der Waals surface area (Å²) in [5.74, 6) is -1.36. The Hall–Kier alpha value is -2.29. The van der Waals surface area contributed by atoms with Crippen LogP contribution in [0.1, 0.15) is 40.1 Å². The van der Waals surface area contributed by atoms with Crippen molar-refractivity contribution in [3.05, 3.63) is 28.3 Å². The van der Waals surface area contributed by atoms with Crippen molar-refractivity contribution in [1.82, 2.24) is 24.5 Å². The molecule has 0 saturated heterocycles. The number of aliphatic carboxylic acids is 1. The Balaban J connectivity index is 1.93. The first kappa shape index (κ1) is 14.6. The topological polar surface area (TPSA) is 112 Å². The average molecular weight is 321 g/mol. The number of hydrogen-bond acceptors (Lipinski definition) is 6. The van der Waals surface area contributed by atoms with Gasteiger partial charge in [-0.15, -0.1) is 5.10 Å². The highest BCUT2D eigenvalue weighted by Crippen LogP contribution is 2.25. The van der Waals surface area contributed by atoms with Gasteiger partial charge >= 0.3 is 5.97 Å². The molecule has 0 spiro atoms. The van der Waals surface area contributed by atoms with E-state index >= 15 is 0 Å². The fourth-order valence-electron chi connectivity index (χ4n) is 2.57. The van der Waals surface area contributed by atoms with Crippen molar-refractivity contribution < 1.29 is 14.7 Å². The first-order valence-corrected chi connectivity index (χ1v) is 7.75. The molecule has 2 aromatic rings. The monoisotopic (exact) mass is 321 g/mol. The van der Waals surface area contributed by atoms with Gasteiger partial charge < -0.3 is 15.0 Å². The zero-order valence-corrected chi connectivity index (χ0v) is 12.8. The largest absolute Gasteiger partial charge is 0.480 e. The quantitative estimate of drug-likeness (QED) is 0.864. The van der Waals surface area contributed by atoms with Crippen molar-refractivity contribution in [2.75, 3.05) is 0 Å². The number of aryl methyl sites for hydroxylation is 1. The summed E-state index contributed by atoms with van der Waals surface area (Å²) in [5, 5.41) is 13.4. The molecule has 22 heavy (non-hydrogen) atoms. The Bertz CT molecular complexity index is 710. The smallest absolute Gasteiger partial charge is 0.326 e. The van der Waals surface area contributed by atoms with Gasteiger partial charge in [0.25, 0.3) is 5.91 Å². The van der Waals surface area contributed by atoms with Gasteiger partial charge in [-0.25, -0.2) is 9.78 Å². The summed E-state index contributed by atoms with van der Waals surface area (Å²) in [7, 11) is 0. The number of carboxylic acid groups (broad SMARTS) is 1. The third-order valence-electron chi connectivity index (χ3n) is 3.68. The number of nitrogens with zero attached hydrogens (tertiary/aromatic N) is 4. The SMILES string of the molecule is CCCc1nnsc1C(=O)N1Cc2[nH]cnc2C[C@@H]1C(=O)O. The maximum absolute atomic E-state index is 12.8. The van der Waals surface area contributed by atoms with Gasteiger partial charge in [0, 0.05) is 6.42 Å². The van der Waals surface area contributed by atoms with Gasteiger partial charge in [-0.05, 0) is 18.0 Å². The molecule has 0 aliphatic carbocycles. The number of carbonyl (C=O) groups excluding carboxylic acids is 1. The number of carboxylic acids is 1. The predicted molar refractivity (Wildman–Crippen MR) is 77.5 cm³/mol. The zero-order valence-electron chi connectivity index (χ0n) is 11.9. The molecule has 3 heterocycles. The molecule has 1 amide bonds. The molecule has 1 aliphatic rings. The second-order valence-electron chi connectivity index (χ2n) is 5.12. The highest BCUT2D eigenvalue weighted by atomic mass is 32.1. The van der Waals surface area contributed by atoms with Crippen LogP contribution in [-0.4, -0.2) is 47.5 Å². The molecule has 1 aliphatic heterocycles. The number of hydrogen-bond donors (Lipinski definition) is 2. The van der Waals surface area contributed by atoms with Gasteiger partial charge in [-0.1, -0.05) is 17.8 Å². The lowest BCUT2D eigenvalue weighted by molar-refractivity contribution is -0.142. The van der Waals surface area contributed by atoms with Crippen LogP contribution in [0.2, 0.25) is 0 Å². The minimum atomic E-state index is -1.03. The Morgan fingerprint density at radius 1 is 1.55 bits per heavy atom. The lowest BCUT2D eigenvalue weighted by Gasteiger charge is -2.32. The van der Waals surface area contributed by atoms with Crippen LogP contribution < -0.4 is 0 Å². The first-order chi connectivity index (χ1) is 10.6. The molecule has 8 nitrogen and oxygen atoms in total. The van der Waals surface area contributed by atoms with Crippen molar-refractivity contribution >= 4 is 23.4 Å². The number of aromatic nitrogens is 4. The molecule has 3 rings (SSSR count). The van der Waals surface area contributed by atoms with Gasteiger partial charge in [0.15, 0.2) is 0 Å². The molecule has 0 bridgehead atoms. The Labute approximate surface area is 130 Å². The molecule has 9 heteroatoms. The number of imidazole rings is 1. The van der Waals surface area contributed by atoms with Crippen LogP contribution in [0.25, 0.3) is 0 Å². The minimum Gasteiger partial charge on any atom is -0.480 e. The third kappa shape index (κ3) is 2.47. The molecule has 0 saturated carbocycles. The van der Waals surface area contributed by atoms with Crippen molar-refractivity contribution in [2.24, 2.45) is 0 Å². The number of aromatic amines is 1. The van der Waals surface area contributed by atoms with Crippen LogP contribution in [0.4, 0.5) is 0 Å². The van der Waals surface area contributed by atoms with E-state index in [-0.39, 0.29) is 18.9 Å². The van der Waals surface area contributed by atoms with E-state index in [4.69, 9.17) is 0 Å². The van der Waals surface area contributed by atoms with Crippen LogP contribution in [0.3, 0.4) is 0 Å². The van der Waals surface area contributed by atoms with Gasteiger partial charge in [-0.3, -0.25) is 4.79 Å². The van der Waals surface area contributed by atoms with Crippen molar-refractivity contribution in [1.29, 1.82) is 0 Å². The lowest BCUT2D eigenvalue weighted by atomic mass is 10.0. The second kappa shape index (κ2) is 5.84. The second-order valence-corrected chi connectivity index (χ2v) is 5.87. The van der Waals surface area contributed by atoms with Crippen LogP contribution in [-0.2, 0) is 24.2 Å². The molecule has 2 N–H and O–H groups in total. The van der Waals surface area contributed by atoms with E-state index in [0.29, 0.717) is 22.7 Å². The van der Waals surface area contributed by atoms with E-state index < -0.39 is 12.0 Å². The van der Waals surface area contributed by atoms with Gasteiger partial charge in [-0.2, -0.15) is 0 Å². The molecular weight excluding hydrogens is 306 g/mol. The predicted octanol–water partition coefficient (Wildman–Crippen LogP) is 0.865. The fraction of sp³-hybridized carbons (Fsp3) is 0.462. The number of fused-ring (bicyclic) bond motifs is 1. The van der Waals surface area contributed by atoms with E-state index in [1.54, 1.807) is 0 Å². The summed E-state index contributed by atoms with van der Waals surface area (Å²) in [4.78, 5) is 33.1. The van der Waals surface area contributed by atoms with Crippen LogP contribution in [0.15, 0.2) is 6.33 Å². The average Bonchev–Trinajstić information content (AvgIpc) is 3.13. The molecule has 0 fully saturated rings. The maximum atomic E-state index is 12.8. The number of carbonyl (C=O) groups is 2. The van der Waals surface area contributed by atoms with Crippen LogP contribution in [0.5, 0.6) is 0 Å².